The van der Waals surface area contributed by atoms with Crippen molar-refractivity contribution >= 4 is 25.7 Å². The van der Waals surface area contributed by atoms with Crippen LogP contribution in [0.3, 0.4) is 0 Å². The molecule has 0 aromatic heterocycles. The average molecular weight is 561 g/mol. The van der Waals surface area contributed by atoms with Crippen LogP contribution in [0.1, 0.15) is 32.5 Å². The minimum Gasteiger partial charge on any atom is -0.544 e. The predicted octanol–water partition coefficient (Wildman–Crippen LogP) is 7.14. The minimum absolute atomic E-state index is 0.0760. The van der Waals surface area contributed by atoms with E-state index in [9.17, 15) is 4.79 Å². The molecule has 7 nitrogen and oxygen atoms in total. The zero-order chi connectivity index (χ0) is 29.1. The molecule has 1 aliphatic rings. The number of anilines is 2. The smallest absolute Gasteiger partial charge is 0.358 e. The number of hydrogen-bond donors (Lipinski definition) is 0. The van der Waals surface area contributed by atoms with Gasteiger partial charge in [0.15, 0.2) is 5.70 Å². The summed E-state index contributed by atoms with van der Waals surface area (Å²) in [6.45, 7) is 11.3. The molecule has 0 saturated heterocycles. The van der Waals surface area contributed by atoms with E-state index in [0.29, 0.717) is 18.0 Å². The van der Waals surface area contributed by atoms with Crippen LogP contribution < -0.4 is 19.3 Å². The van der Waals surface area contributed by atoms with Crippen molar-refractivity contribution in [3.63, 3.8) is 0 Å². The molecule has 0 saturated carbocycles. The fraction of sp³-hybridized carbons (Fsp3) is 0.344. The Morgan fingerprint density at radius 3 is 1.80 bits per heavy atom. The van der Waals surface area contributed by atoms with E-state index in [2.05, 4.69) is 50.9 Å². The molecule has 0 N–H and O–H groups in total. The Morgan fingerprint density at radius 2 is 1.32 bits per heavy atom. The number of methoxy groups -OCH3 is 3. The topological polar surface area (TPSA) is 60.5 Å². The number of nitrogens with zero attached hydrogens (tertiary/aromatic N) is 2. The van der Waals surface area contributed by atoms with Gasteiger partial charge in [0.05, 0.1) is 27.9 Å². The number of carbonyl (C=O) groups excluding carboxylic acids is 1. The molecule has 1 heterocycles. The van der Waals surface area contributed by atoms with Gasteiger partial charge >= 0.3 is 5.97 Å². The highest BCUT2D eigenvalue weighted by atomic mass is 28.4. The van der Waals surface area contributed by atoms with E-state index in [0.717, 1.165) is 28.4 Å². The summed E-state index contributed by atoms with van der Waals surface area (Å²) >= 11 is 0. The SMILES string of the molecule is COC(=O)C1=C(O[Si](C)(C)C(C)(C)C)CN(c2ccc(OC)cc2)C(c2ccccc2)N1c1ccc(OC)cc1. The van der Waals surface area contributed by atoms with Crippen LogP contribution in [0.15, 0.2) is 90.3 Å². The van der Waals surface area contributed by atoms with Crippen molar-refractivity contribution in [2.24, 2.45) is 0 Å². The van der Waals surface area contributed by atoms with Crippen LogP contribution in [0.25, 0.3) is 0 Å². The Bertz CT molecular complexity index is 1330. The number of esters is 1. The van der Waals surface area contributed by atoms with E-state index in [1.807, 2.05) is 71.6 Å². The molecule has 0 spiro atoms. The van der Waals surface area contributed by atoms with E-state index in [4.69, 9.17) is 18.6 Å². The van der Waals surface area contributed by atoms with Gasteiger partial charge in [0.1, 0.15) is 23.4 Å². The summed E-state index contributed by atoms with van der Waals surface area (Å²) in [5, 5.41) is -0.0760. The molecule has 3 aromatic rings. The Kier molecular flexibility index (Phi) is 8.49. The summed E-state index contributed by atoms with van der Waals surface area (Å²) in [5.41, 5.74) is 3.19. The van der Waals surface area contributed by atoms with E-state index >= 15 is 0 Å². The quantitative estimate of drug-likeness (QED) is 0.214. The molecule has 0 aliphatic carbocycles. The highest BCUT2D eigenvalue weighted by molar-refractivity contribution is 6.74. The Labute approximate surface area is 239 Å². The fourth-order valence-corrected chi connectivity index (χ4v) is 5.62. The van der Waals surface area contributed by atoms with Crippen LogP contribution in [-0.4, -0.2) is 42.2 Å². The lowest BCUT2D eigenvalue weighted by atomic mass is 10.0. The number of rotatable bonds is 8. The second-order valence-corrected chi connectivity index (χ2v) is 16.0. The summed E-state index contributed by atoms with van der Waals surface area (Å²) in [7, 11) is 2.37. The number of ether oxygens (including phenoxy) is 3. The second-order valence-electron chi connectivity index (χ2n) is 11.3. The van der Waals surface area contributed by atoms with Crippen LogP contribution in [0.2, 0.25) is 18.1 Å². The molecule has 3 aromatic carbocycles. The number of hydrogen-bond acceptors (Lipinski definition) is 7. The molecule has 1 atom stereocenters. The molecule has 0 fully saturated rings. The van der Waals surface area contributed by atoms with Crippen molar-refractivity contribution < 1.29 is 23.4 Å². The van der Waals surface area contributed by atoms with Crippen molar-refractivity contribution in [3.8, 4) is 11.5 Å². The van der Waals surface area contributed by atoms with Crippen LogP contribution in [-0.2, 0) is 14.0 Å². The van der Waals surface area contributed by atoms with Crippen molar-refractivity contribution in [1.29, 1.82) is 0 Å². The molecule has 1 unspecified atom stereocenters. The van der Waals surface area contributed by atoms with E-state index in [-0.39, 0.29) is 11.2 Å². The van der Waals surface area contributed by atoms with Gasteiger partial charge in [-0.05, 0) is 72.2 Å². The van der Waals surface area contributed by atoms with E-state index in [1.165, 1.54) is 7.11 Å². The number of carbonyl (C=O) groups is 1. The van der Waals surface area contributed by atoms with Gasteiger partial charge in [0.25, 0.3) is 0 Å². The van der Waals surface area contributed by atoms with Gasteiger partial charge in [0.2, 0.25) is 8.32 Å². The van der Waals surface area contributed by atoms with Crippen LogP contribution in [0.4, 0.5) is 11.4 Å². The number of benzene rings is 3. The lowest BCUT2D eigenvalue weighted by molar-refractivity contribution is -0.136. The molecule has 40 heavy (non-hydrogen) atoms. The summed E-state index contributed by atoms with van der Waals surface area (Å²) in [6.07, 6.45) is -0.371. The normalized spacial score (nSPS) is 16.1. The highest BCUT2D eigenvalue weighted by Crippen LogP contribution is 2.45. The maximum absolute atomic E-state index is 13.7. The first-order chi connectivity index (χ1) is 19.0. The molecule has 8 heteroatoms. The maximum Gasteiger partial charge on any atom is 0.358 e. The first-order valence-electron chi connectivity index (χ1n) is 13.4. The Morgan fingerprint density at radius 1 is 0.800 bits per heavy atom. The largest absolute Gasteiger partial charge is 0.544 e. The molecule has 0 amide bonds. The highest BCUT2D eigenvalue weighted by Gasteiger charge is 2.45. The van der Waals surface area contributed by atoms with Gasteiger partial charge in [-0.3, -0.25) is 0 Å². The van der Waals surface area contributed by atoms with Crippen molar-refractivity contribution in [2.45, 2.75) is 45.1 Å². The average Bonchev–Trinajstić information content (AvgIpc) is 2.96. The van der Waals surface area contributed by atoms with E-state index in [1.54, 1.807) is 14.2 Å². The van der Waals surface area contributed by atoms with Crippen molar-refractivity contribution in [3.05, 3.63) is 95.9 Å². The van der Waals surface area contributed by atoms with Crippen LogP contribution >= 0.6 is 0 Å². The molecule has 212 valence electrons. The molecular weight excluding hydrogens is 520 g/mol. The third-order valence-corrected chi connectivity index (χ3v) is 12.1. The van der Waals surface area contributed by atoms with Gasteiger partial charge in [-0.1, -0.05) is 51.1 Å². The fourth-order valence-electron chi connectivity index (χ4n) is 4.54. The van der Waals surface area contributed by atoms with Crippen LogP contribution in [0, 0.1) is 0 Å². The van der Waals surface area contributed by atoms with E-state index < -0.39 is 14.3 Å². The summed E-state index contributed by atoms with van der Waals surface area (Å²) in [5.74, 6) is 1.65. The molecular formula is C32H40N2O5Si. The van der Waals surface area contributed by atoms with Gasteiger partial charge < -0.3 is 28.4 Å². The third-order valence-electron chi connectivity index (χ3n) is 7.77. The second kappa shape index (κ2) is 11.7. The van der Waals surface area contributed by atoms with Crippen molar-refractivity contribution in [2.75, 3.05) is 37.7 Å². The van der Waals surface area contributed by atoms with Crippen LogP contribution in [0.5, 0.6) is 11.5 Å². The lowest BCUT2D eigenvalue weighted by Crippen LogP contribution is -2.52. The third kappa shape index (κ3) is 5.82. The maximum atomic E-state index is 13.7. The van der Waals surface area contributed by atoms with Gasteiger partial charge in [-0.25, -0.2) is 4.79 Å². The Balaban J connectivity index is 2.02. The van der Waals surface area contributed by atoms with Gasteiger partial charge in [-0.15, -0.1) is 0 Å². The predicted molar refractivity (Wildman–Crippen MR) is 162 cm³/mol. The summed E-state index contributed by atoms with van der Waals surface area (Å²) < 4.78 is 23.2. The lowest BCUT2D eigenvalue weighted by Gasteiger charge is -2.49. The van der Waals surface area contributed by atoms with Gasteiger partial charge in [-0.2, -0.15) is 0 Å². The standard InChI is InChI=1S/C32H40N2O5Si/c1-32(2,3)40(7,8)39-28-22-33(24-14-18-26(36-4)19-15-24)30(23-12-10-9-11-13-23)34(29(28)31(35)38-6)25-16-20-27(37-5)21-17-25/h9-21,30H,22H2,1-8H3. The molecule has 0 radical (unpaired) electrons. The minimum atomic E-state index is -2.34. The van der Waals surface area contributed by atoms with Crippen molar-refractivity contribution in [1.82, 2.24) is 0 Å². The monoisotopic (exact) mass is 560 g/mol. The zero-order valence-electron chi connectivity index (χ0n) is 24.7. The Hall–Kier alpha value is -3.91. The summed E-state index contributed by atoms with van der Waals surface area (Å²) in [6, 6.07) is 25.8. The van der Waals surface area contributed by atoms with Gasteiger partial charge in [0, 0.05) is 11.4 Å². The zero-order valence-corrected chi connectivity index (χ0v) is 25.7. The summed E-state index contributed by atoms with van der Waals surface area (Å²) in [4.78, 5) is 18.0. The molecule has 4 rings (SSSR count). The molecule has 1 aliphatic heterocycles. The first-order valence-corrected chi connectivity index (χ1v) is 16.3. The molecule has 0 bridgehead atoms. The first kappa shape index (κ1) is 29.1.